The lowest BCUT2D eigenvalue weighted by atomic mass is 10.1. The molecule has 4 nitrogen and oxygen atoms in total. The van der Waals surface area contributed by atoms with E-state index in [1.807, 2.05) is 48.0 Å². The molecule has 0 spiro atoms. The highest BCUT2D eigenvalue weighted by Crippen LogP contribution is 2.35. The predicted molar refractivity (Wildman–Crippen MR) is 81.8 cm³/mol. The van der Waals surface area contributed by atoms with Crippen LogP contribution >= 0.6 is 11.3 Å². The van der Waals surface area contributed by atoms with Crippen LogP contribution < -0.4 is 0 Å². The Kier molecular flexibility index (Phi) is 2.62. The van der Waals surface area contributed by atoms with Crippen LogP contribution in [0, 0.1) is 11.3 Å². The van der Waals surface area contributed by atoms with Crippen LogP contribution in [-0.4, -0.2) is 9.97 Å². The molecule has 0 aliphatic carbocycles. The molecule has 0 unspecified atom stereocenters. The topological polar surface area (TPSA) is 65.6 Å². The smallest absolute Gasteiger partial charge is 0.238 e. The maximum atomic E-state index is 9.32. The molecule has 4 aromatic rings. The number of aromatic nitrogens is 2. The number of aromatic amines is 1. The van der Waals surface area contributed by atoms with Crippen molar-refractivity contribution in [2.75, 3.05) is 0 Å². The summed E-state index contributed by atoms with van der Waals surface area (Å²) in [6.07, 6.45) is 1.85. The maximum absolute atomic E-state index is 9.32. The van der Waals surface area contributed by atoms with Crippen molar-refractivity contribution in [2.45, 2.75) is 0 Å². The number of hydrogen-bond donors (Lipinski definition) is 1. The fourth-order valence-electron chi connectivity index (χ4n) is 2.34. The number of nitrogens with zero attached hydrogens (tertiary/aromatic N) is 2. The van der Waals surface area contributed by atoms with Gasteiger partial charge in [-0.1, -0.05) is 24.3 Å². The van der Waals surface area contributed by atoms with Crippen molar-refractivity contribution in [3.05, 3.63) is 53.7 Å². The van der Waals surface area contributed by atoms with Gasteiger partial charge in [0.25, 0.3) is 0 Å². The molecule has 4 rings (SSSR count). The molecule has 0 aliphatic heterocycles. The first-order chi connectivity index (χ1) is 10.4. The van der Waals surface area contributed by atoms with Gasteiger partial charge in [-0.25, -0.2) is 0 Å². The monoisotopic (exact) mass is 291 g/mol. The highest BCUT2D eigenvalue weighted by molar-refractivity contribution is 7.13. The second-order valence-corrected chi connectivity index (χ2v) is 5.48. The normalized spacial score (nSPS) is 10.8. The lowest BCUT2D eigenvalue weighted by molar-refractivity contribution is 0.590. The van der Waals surface area contributed by atoms with Crippen molar-refractivity contribution in [1.82, 2.24) is 9.97 Å². The summed E-state index contributed by atoms with van der Waals surface area (Å²) < 4.78 is 5.86. The number of rotatable bonds is 2. The number of para-hydroxylation sites is 1. The van der Waals surface area contributed by atoms with E-state index in [0.29, 0.717) is 17.3 Å². The lowest BCUT2D eigenvalue weighted by Crippen LogP contribution is -1.78. The van der Waals surface area contributed by atoms with Gasteiger partial charge in [0.2, 0.25) is 5.89 Å². The zero-order chi connectivity index (χ0) is 14.2. The second kappa shape index (κ2) is 4.62. The molecular formula is C16H9N3OS. The molecule has 3 heterocycles. The second-order valence-electron chi connectivity index (χ2n) is 4.53. The van der Waals surface area contributed by atoms with Crippen LogP contribution in [0.5, 0.6) is 0 Å². The SMILES string of the molecule is N#Cc1nc(-c2cccs2)oc1-c1c[nH]c2ccccc12. The summed E-state index contributed by atoms with van der Waals surface area (Å²) in [7, 11) is 0. The van der Waals surface area contributed by atoms with Crippen molar-refractivity contribution in [1.29, 1.82) is 5.26 Å². The van der Waals surface area contributed by atoms with E-state index in [4.69, 9.17) is 4.42 Å². The third-order valence-corrected chi connectivity index (χ3v) is 4.16. The van der Waals surface area contributed by atoms with Gasteiger partial charge in [0.1, 0.15) is 6.07 Å². The summed E-state index contributed by atoms with van der Waals surface area (Å²) in [4.78, 5) is 8.40. The van der Waals surface area contributed by atoms with Gasteiger partial charge in [0, 0.05) is 22.7 Å². The zero-order valence-corrected chi connectivity index (χ0v) is 11.6. The number of hydrogen-bond acceptors (Lipinski definition) is 4. The van der Waals surface area contributed by atoms with Crippen molar-refractivity contribution in [3.8, 4) is 28.2 Å². The predicted octanol–water partition coefficient (Wildman–Crippen LogP) is 4.42. The Morgan fingerprint density at radius 1 is 1.19 bits per heavy atom. The van der Waals surface area contributed by atoms with E-state index in [9.17, 15) is 5.26 Å². The van der Waals surface area contributed by atoms with Crippen molar-refractivity contribution >= 4 is 22.2 Å². The molecule has 0 saturated heterocycles. The minimum absolute atomic E-state index is 0.308. The van der Waals surface area contributed by atoms with Crippen LogP contribution in [0.3, 0.4) is 0 Å². The lowest BCUT2D eigenvalue weighted by Gasteiger charge is -1.94. The zero-order valence-electron chi connectivity index (χ0n) is 10.8. The highest BCUT2D eigenvalue weighted by atomic mass is 32.1. The van der Waals surface area contributed by atoms with E-state index in [1.165, 1.54) is 11.3 Å². The quantitative estimate of drug-likeness (QED) is 0.594. The number of nitrogens with one attached hydrogen (secondary N) is 1. The highest BCUT2D eigenvalue weighted by Gasteiger charge is 2.19. The third kappa shape index (κ3) is 1.85. The number of nitriles is 1. The summed E-state index contributed by atoms with van der Waals surface area (Å²) in [6.45, 7) is 0. The van der Waals surface area contributed by atoms with Gasteiger partial charge in [-0.05, 0) is 17.5 Å². The van der Waals surface area contributed by atoms with Gasteiger partial charge in [-0.15, -0.1) is 11.3 Å². The molecular weight excluding hydrogens is 282 g/mol. The molecule has 0 atom stereocenters. The van der Waals surface area contributed by atoms with Gasteiger partial charge in [0.15, 0.2) is 11.5 Å². The molecule has 0 fully saturated rings. The number of thiophene rings is 1. The molecule has 100 valence electrons. The van der Waals surface area contributed by atoms with Gasteiger partial charge in [0.05, 0.1) is 4.88 Å². The first kappa shape index (κ1) is 11.9. The van der Waals surface area contributed by atoms with Crippen LogP contribution in [0.1, 0.15) is 5.69 Å². The molecule has 3 aromatic heterocycles. The van der Waals surface area contributed by atoms with Crippen LogP contribution in [0.2, 0.25) is 0 Å². The first-order valence-electron chi connectivity index (χ1n) is 6.38. The summed E-state index contributed by atoms with van der Waals surface area (Å²) >= 11 is 1.54. The molecule has 5 heteroatoms. The van der Waals surface area contributed by atoms with Crippen molar-refractivity contribution in [3.63, 3.8) is 0 Å². The Hall–Kier alpha value is -2.84. The number of benzene rings is 1. The first-order valence-corrected chi connectivity index (χ1v) is 7.26. The van der Waals surface area contributed by atoms with Crippen molar-refractivity contribution in [2.24, 2.45) is 0 Å². The molecule has 1 N–H and O–H groups in total. The third-order valence-electron chi connectivity index (χ3n) is 3.30. The van der Waals surface area contributed by atoms with Gasteiger partial charge >= 0.3 is 0 Å². The maximum Gasteiger partial charge on any atom is 0.238 e. The van der Waals surface area contributed by atoms with Gasteiger partial charge < -0.3 is 9.40 Å². The average Bonchev–Trinajstić information content (AvgIpc) is 3.24. The van der Waals surface area contributed by atoms with E-state index in [-0.39, 0.29) is 0 Å². The number of oxazole rings is 1. The fraction of sp³-hybridized carbons (Fsp3) is 0. The summed E-state index contributed by atoms with van der Waals surface area (Å²) in [6, 6.07) is 13.9. The summed E-state index contributed by atoms with van der Waals surface area (Å²) in [5, 5.41) is 12.3. The van der Waals surface area contributed by atoms with E-state index in [2.05, 4.69) is 16.0 Å². The molecule has 0 amide bonds. The van der Waals surface area contributed by atoms with Crippen molar-refractivity contribution < 1.29 is 4.42 Å². The van der Waals surface area contributed by atoms with Gasteiger partial charge in [-0.3, -0.25) is 0 Å². The Morgan fingerprint density at radius 2 is 2.10 bits per heavy atom. The van der Waals surface area contributed by atoms with Crippen LogP contribution in [0.4, 0.5) is 0 Å². The molecule has 0 bridgehead atoms. The van der Waals surface area contributed by atoms with E-state index in [1.54, 1.807) is 0 Å². The van der Waals surface area contributed by atoms with E-state index >= 15 is 0 Å². The minimum Gasteiger partial charge on any atom is -0.434 e. The molecule has 0 aliphatic rings. The molecule has 21 heavy (non-hydrogen) atoms. The summed E-state index contributed by atoms with van der Waals surface area (Å²) in [5.41, 5.74) is 2.17. The number of H-pyrrole nitrogens is 1. The van der Waals surface area contributed by atoms with Crippen LogP contribution in [-0.2, 0) is 0 Å². The minimum atomic E-state index is 0.308. The Labute approximate surface area is 124 Å². The fourth-order valence-corrected chi connectivity index (χ4v) is 2.99. The van der Waals surface area contributed by atoms with E-state index in [0.717, 1.165) is 21.3 Å². The van der Waals surface area contributed by atoms with E-state index < -0.39 is 0 Å². The Morgan fingerprint density at radius 3 is 2.90 bits per heavy atom. The average molecular weight is 291 g/mol. The number of fused-ring (bicyclic) bond motifs is 1. The Bertz CT molecular complexity index is 957. The molecule has 0 saturated carbocycles. The van der Waals surface area contributed by atoms with Crippen LogP contribution in [0.25, 0.3) is 33.0 Å². The van der Waals surface area contributed by atoms with Crippen LogP contribution in [0.15, 0.2) is 52.4 Å². The molecule has 0 radical (unpaired) electrons. The summed E-state index contributed by atoms with van der Waals surface area (Å²) in [5.74, 6) is 1.00. The standard InChI is InChI=1S/C16H9N3OS/c17-8-13-15(20-16(19-13)14-6-3-7-21-14)11-9-18-12-5-2-1-4-10(11)12/h1-7,9,18H. The Balaban J connectivity index is 1.94. The largest absolute Gasteiger partial charge is 0.434 e. The molecule has 1 aromatic carbocycles. The van der Waals surface area contributed by atoms with Gasteiger partial charge in [-0.2, -0.15) is 10.2 Å².